The summed E-state index contributed by atoms with van der Waals surface area (Å²) in [5.74, 6) is 1.46. The fraction of sp³-hybridized carbons (Fsp3) is 0.222. The van der Waals surface area contributed by atoms with Crippen molar-refractivity contribution in [1.82, 2.24) is 15.2 Å². The molecule has 0 aliphatic carbocycles. The summed E-state index contributed by atoms with van der Waals surface area (Å²) in [6.45, 7) is 1.62. The molecule has 0 fully saturated rings. The van der Waals surface area contributed by atoms with Gasteiger partial charge in [0.05, 0.1) is 12.0 Å². The maximum Gasteiger partial charge on any atom is 0.273 e. The standard InChI is InChI=1S/C9H9N3O2S/c1-6-8(13)10-9(12-11-6)15-5-7-3-2-4-14-7/h2-4H,5H2,1H3,(H,10,12,13). The van der Waals surface area contributed by atoms with Gasteiger partial charge in [-0.05, 0) is 19.1 Å². The Bertz CT molecular complexity index is 492. The fourth-order valence-corrected chi connectivity index (χ4v) is 1.68. The van der Waals surface area contributed by atoms with Crippen LogP contribution in [0, 0.1) is 6.92 Å². The van der Waals surface area contributed by atoms with E-state index in [0.717, 1.165) is 5.76 Å². The number of H-pyrrole nitrogens is 1. The van der Waals surface area contributed by atoms with Gasteiger partial charge in [-0.15, -0.1) is 10.2 Å². The van der Waals surface area contributed by atoms with Crippen molar-refractivity contribution in [3.63, 3.8) is 0 Å². The topological polar surface area (TPSA) is 71.8 Å². The van der Waals surface area contributed by atoms with E-state index in [1.807, 2.05) is 12.1 Å². The number of thioether (sulfide) groups is 1. The van der Waals surface area contributed by atoms with E-state index < -0.39 is 0 Å². The Morgan fingerprint density at radius 3 is 3.07 bits per heavy atom. The van der Waals surface area contributed by atoms with Crippen molar-refractivity contribution < 1.29 is 4.42 Å². The lowest BCUT2D eigenvalue weighted by molar-refractivity contribution is 0.530. The van der Waals surface area contributed by atoms with Gasteiger partial charge in [-0.2, -0.15) is 0 Å². The number of hydrogen-bond acceptors (Lipinski definition) is 5. The SMILES string of the molecule is Cc1nnc(SCc2ccco2)[nH]c1=O. The normalized spacial score (nSPS) is 10.5. The molecule has 0 spiro atoms. The van der Waals surface area contributed by atoms with Crippen LogP contribution in [-0.4, -0.2) is 15.2 Å². The summed E-state index contributed by atoms with van der Waals surface area (Å²) < 4.78 is 5.15. The van der Waals surface area contributed by atoms with Crippen LogP contribution in [0.4, 0.5) is 0 Å². The summed E-state index contributed by atoms with van der Waals surface area (Å²) in [5.41, 5.74) is 0.171. The van der Waals surface area contributed by atoms with Gasteiger partial charge in [0.25, 0.3) is 5.56 Å². The highest BCUT2D eigenvalue weighted by Crippen LogP contribution is 2.17. The fourth-order valence-electron chi connectivity index (χ4n) is 0.978. The van der Waals surface area contributed by atoms with E-state index in [1.54, 1.807) is 13.2 Å². The highest BCUT2D eigenvalue weighted by molar-refractivity contribution is 7.98. The molecular weight excluding hydrogens is 214 g/mol. The smallest absolute Gasteiger partial charge is 0.273 e. The molecule has 0 bridgehead atoms. The molecule has 0 unspecified atom stereocenters. The molecule has 0 amide bonds. The molecule has 15 heavy (non-hydrogen) atoms. The van der Waals surface area contributed by atoms with E-state index in [0.29, 0.717) is 16.6 Å². The quantitative estimate of drug-likeness (QED) is 0.795. The molecule has 2 aromatic heterocycles. The molecule has 0 radical (unpaired) electrons. The van der Waals surface area contributed by atoms with Gasteiger partial charge in [0.1, 0.15) is 11.5 Å². The summed E-state index contributed by atoms with van der Waals surface area (Å²) in [5, 5.41) is 8.09. The molecule has 0 atom stereocenters. The summed E-state index contributed by atoms with van der Waals surface area (Å²) >= 11 is 1.38. The highest BCUT2D eigenvalue weighted by Gasteiger charge is 2.02. The van der Waals surface area contributed by atoms with Crippen molar-refractivity contribution in [2.24, 2.45) is 0 Å². The third kappa shape index (κ3) is 2.47. The lowest BCUT2D eigenvalue weighted by Crippen LogP contribution is -2.14. The first-order chi connectivity index (χ1) is 7.25. The van der Waals surface area contributed by atoms with Crippen LogP contribution in [0.15, 0.2) is 32.8 Å². The lowest BCUT2D eigenvalue weighted by atomic mass is 10.5. The second-order valence-electron chi connectivity index (χ2n) is 2.91. The molecule has 1 N–H and O–H groups in total. The third-order valence-corrected chi connectivity index (χ3v) is 2.66. The van der Waals surface area contributed by atoms with Gasteiger partial charge in [0, 0.05) is 0 Å². The van der Waals surface area contributed by atoms with Crippen LogP contribution in [0.25, 0.3) is 0 Å². The van der Waals surface area contributed by atoms with Gasteiger partial charge in [0.2, 0.25) is 0 Å². The van der Waals surface area contributed by atoms with E-state index in [1.165, 1.54) is 11.8 Å². The lowest BCUT2D eigenvalue weighted by Gasteiger charge is -1.97. The molecule has 6 heteroatoms. The van der Waals surface area contributed by atoms with E-state index in [2.05, 4.69) is 15.2 Å². The number of furan rings is 1. The van der Waals surface area contributed by atoms with Gasteiger partial charge >= 0.3 is 0 Å². The van der Waals surface area contributed by atoms with Crippen molar-refractivity contribution in [3.8, 4) is 0 Å². The monoisotopic (exact) mass is 223 g/mol. The Kier molecular flexibility index (Phi) is 2.86. The van der Waals surface area contributed by atoms with Crippen molar-refractivity contribution in [1.29, 1.82) is 0 Å². The Morgan fingerprint density at radius 2 is 2.40 bits per heavy atom. The molecule has 78 valence electrons. The van der Waals surface area contributed by atoms with Gasteiger partial charge in [-0.25, -0.2) is 0 Å². The van der Waals surface area contributed by atoms with Crippen molar-refractivity contribution in [2.75, 3.05) is 0 Å². The first-order valence-electron chi connectivity index (χ1n) is 4.34. The van der Waals surface area contributed by atoms with E-state index in [-0.39, 0.29) is 5.56 Å². The maximum absolute atomic E-state index is 11.2. The Balaban J connectivity index is 2.06. The van der Waals surface area contributed by atoms with Gasteiger partial charge in [0.15, 0.2) is 5.16 Å². The Labute approximate surface area is 89.9 Å². The van der Waals surface area contributed by atoms with Crippen LogP contribution < -0.4 is 5.56 Å². The zero-order chi connectivity index (χ0) is 10.7. The van der Waals surface area contributed by atoms with Crippen molar-refractivity contribution in [2.45, 2.75) is 17.8 Å². The molecule has 0 saturated carbocycles. The molecule has 2 heterocycles. The number of hydrogen-bond donors (Lipinski definition) is 1. The molecule has 0 aromatic carbocycles. The predicted molar refractivity (Wildman–Crippen MR) is 55.7 cm³/mol. The number of nitrogens with one attached hydrogen (secondary N) is 1. The number of aromatic amines is 1. The maximum atomic E-state index is 11.2. The minimum atomic E-state index is -0.202. The minimum absolute atomic E-state index is 0.202. The highest BCUT2D eigenvalue weighted by atomic mass is 32.2. The van der Waals surface area contributed by atoms with E-state index in [4.69, 9.17) is 4.42 Å². The number of nitrogens with zero attached hydrogens (tertiary/aromatic N) is 2. The summed E-state index contributed by atoms with van der Waals surface area (Å²) in [6, 6.07) is 3.69. The number of aryl methyl sites for hydroxylation is 1. The zero-order valence-electron chi connectivity index (χ0n) is 8.06. The van der Waals surface area contributed by atoms with E-state index in [9.17, 15) is 4.79 Å². The average molecular weight is 223 g/mol. The summed E-state index contributed by atoms with van der Waals surface area (Å²) in [4.78, 5) is 13.8. The second-order valence-corrected chi connectivity index (χ2v) is 3.88. The molecule has 2 rings (SSSR count). The second kappa shape index (κ2) is 4.31. The van der Waals surface area contributed by atoms with Crippen molar-refractivity contribution in [3.05, 3.63) is 40.2 Å². The van der Waals surface area contributed by atoms with Gasteiger partial charge in [-0.1, -0.05) is 11.8 Å². The van der Waals surface area contributed by atoms with Crippen LogP contribution >= 0.6 is 11.8 Å². The molecule has 2 aromatic rings. The number of aromatic nitrogens is 3. The summed E-state index contributed by atoms with van der Waals surface area (Å²) in [7, 11) is 0. The molecular formula is C9H9N3O2S. The molecule has 0 aliphatic heterocycles. The minimum Gasteiger partial charge on any atom is -0.468 e. The Morgan fingerprint density at radius 1 is 1.53 bits per heavy atom. The van der Waals surface area contributed by atoms with Crippen LogP contribution in [0.1, 0.15) is 11.5 Å². The first kappa shape index (κ1) is 9.97. The van der Waals surface area contributed by atoms with Crippen LogP contribution in [0.5, 0.6) is 0 Å². The average Bonchev–Trinajstić information content (AvgIpc) is 2.73. The Hall–Kier alpha value is -1.56. The van der Waals surface area contributed by atoms with Crippen LogP contribution in [0.2, 0.25) is 0 Å². The number of rotatable bonds is 3. The van der Waals surface area contributed by atoms with Crippen molar-refractivity contribution >= 4 is 11.8 Å². The third-order valence-electron chi connectivity index (χ3n) is 1.77. The predicted octanol–water partition coefficient (Wildman–Crippen LogP) is 1.36. The molecule has 0 aliphatic rings. The molecule has 0 saturated heterocycles. The first-order valence-corrected chi connectivity index (χ1v) is 5.33. The molecule has 5 nitrogen and oxygen atoms in total. The largest absolute Gasteiger partial charge is 0.468 e. The van der Waals surface area contributed by atoms with Gasteiger partial charge in [-0.3, -0.25) is 9.78 Å². The van der Waals surface area contributed by atoms with Crippen LogP contribution in [-0.2, 0) is 5.75 Å². The van der Waals surface area contributed by atoms with Crippen LogP contribution in [0.3, 0.4) is 0 Å². The van der Waals surface area contributed by atoms with E-state index >= 15 is 0 Å². The zero-order valence-corrected chi connectivity index (χ0v) is 8.87. The van der Waals surface area contributed by atoms with Gasteiger partial charge < -0.3 is 4.42 Å². The summed E-state index contributed by atoms with van der Waals surface area (Å²) in [6.07, 6.45) is 1.61.